The second kappa shape index (κ2) is 6.58. The summed E-state index contributed by atoms with van der Waals surface area (Å²) in [5.41, 5.74) is 0.992. The lowest BCUT2D eigenvalue weighted by atomic mass is 10.2. The number of aromatic nitrogens is 2. The van der Waals surface area contributed by atoms with Gasteiger partial charge in [-0.25, -0.2) is 4.98 Å². The van der Waals surface area contributed by atoms with E-state index in [2.05, 4.69) is 14.8 Å². The van der Waals surface area contributed by atoms with Crippen molar-refractivity contribution in [3.8, 4) is 0 Å². The van der Waals surface area contributed by atoms with E-state index in [0.29, 0.717) is 0 Å². The lowest BCUT2D eigenvalue weighted by Crippen LogP contribution is -2.38. The minimum Gasteiger partial charge on any atom is -0.393 e. The number of ether oxygens (including phenoxy) is 1. The molecule has 3 rings (SSSR count). The highest BCUT2D eigenvalue weighted by Gasteiger charge is 2.19. The Morgan fingerprint density at radius 1 is 1.10 bits per heavy atom. The van der Waals surface area contributed by atoms with Crippen LogP contribution in [0.3, 0.4) is 0 Å². The van der Waals surface area contributed by atoms with Crippen LogP contribution in [0.2, 0.25) is 0 Å². The maximum absolute atomic E-state index is 9.79. The van der Waals surface area contributed by atoms with Crippen molar-refractivity contribution >= 4 is 11.8 Å². The molecule has 21 heavy (non-hydrogen) atoms. The fourth-order valence-electron chi connectivity index (χ4n) is 2.91. The number of aryl methyl sites for hydroxylation is 1. The van der Waals surface area contributed by atoms with Crippen LogP contribution in [-0.2, 0) is 4.74 Å². The van der Waals surface area contributed by atoms with Crippen LogP contribution < -0.4 is 9.80 Å². The quantitative estimate of drug-likeness (QED) is 0.876. The van der Waals surface area contributed by atoms with Crippen LogP contribution in [0.1, 0.15) is 25.0 Å². The maximum Gasteiger partial charge on any atom is 0.227 e. The van der Waals surface area contributed by atoms with E-state index in [9.17, 15) is 5.11 Å². The zero-order chi connectivity index (χ0) is 14.7. The summed E-state index contributed by atoms with van der Waals surface area (Å²) in [6.07, 6.45) is 2.54. The number of aliphatic hydroxyl groups excluding tert-OH is 1. The molecule has 1 atom stereocenters. The van der Waals surface area contributed by atoms with E-state index < -0.39 is 0 Å². The van der Waals surface area contributed by atoms with Gasteiger partial charge in [0.05, 0.1) is 19.3 Å². The van der Waals surface area contributed by atoms with Crippen LogP contribution in [0.15, 0.2) is 6.07 Å². The first kappa shape index (κ1) is 14.5. The summed E-state index contributed by atoms with van der Waals surface area (Å²) in [5.74, 6) is 1.79. The van der Waals surface area contributed by atoms with E-state index in [4.69, 9.17) is 9.72 Å². The van der Waals surface area contributed by atoms with Crippen molar-refractivity contribution in [3.63, 3.8) is 0 Å². The Hall–Kier alpha value is -1.40. The number of morpholine rings is 1. The van der Waals surface area contributed by atoms with Crippen LogP contribution in [0.5, 0.6) is 0 Å². The third kappa shape index (κ3) is 3.63. The third-order valence-electron chi connectivity index (χ3n) is 4.14. The molecule has 1 N–H and O–H groups in total. The average Bonchev–Trinajstić information content (AvgIpc) is 2.72. The number of hydrogen-bond acceptors (Lipinski definition) is 6. The molecule has 0 spiro atoms. The SMILES string of the molecule is Cc1cc(N2CCCC(O)CC2)nc(N2CCOCC2)n1. The van der Waals surface area contributed by atoms with Crippen molar-refractivity contribution in [1.82, 2.24) is 9.97 Å². The first-order chi connectivity index (χ1) is 10.2. The lowest BCUT2D eigenvalue weighted by molar-refractivity contribution is 0.122. The molecule has 2 fully saturated rings. The third-order valence-corrected chi connectivity index (χ3v) is 4.14. The molecule has 2 saturated heterocycles. The van der Waals surface area contributed by atoms with Gasteiger partial charge in [0.25, 0.3) is 0 Å². The molecular weight excluding hydrogens is 268 g/mol. The highest BCUT2D eigenvalue weighted by atomic mass is 16.5. The highest BCUT2D eigenvalue weighted by molar-refractivity contribution is 5.46. The Morgan fingerprint density at radius 2 is 1.90 bits per heavy atom. The van der Waals surface area contributed by atoms with E-state index in [-0.39, 0.29) is 6.10 Å². The molecular formula is C15H24N4O2. The second-order valence-electron chi connectivity index (χ2n) is 5.84. The molecule has 1 unspecified atom stereocenters. The van der Waals surface area contributed by atoms with E-state index in [1.165, 1.54) is 0 Å². The normalized spacial score (nSPS) is 24.0. The zero-order valence-corrected chi connectivity index (χ0v) is 12.7. The molecule has 116 valence electrons. The number of anilines is 2. The standard InChI is InChI=1S/C15H24N4O2/c1-12-11-14(18-5-2-3-13(20)4-6-18)17-15(16-12)19-7-9-21-10-8-19/h11,13,20H,2-10H2,1H3. The molecule has 2 aliphatic heterocycles. The number of aliphatic hydroxyl groups is 1. The van der Waals surface area contributed by atoms with Crippen molar-refractivity contribution in [2.24, 2.45) is 0 Å². The van der Waals surface area contributed by atoms with Gasteiger partial charge in [-0.05, 0) is 26.2 Å². The Kier molecular flexibility index (Phi) is 4.55. The smallest absolute Gasteiger partial charge is 0.227 e. The molecule has 1 aromatic heterocycles. The Morgan fingerprint density at radius 3 is 2.71 bits per heavy atom. The summed E-state index contributed by atoms with van der Waals surface area (Å²) >= 11 is 0. The van der Waals surface area contributed by atoms with Gasteiger partial charge in [0.15, 0.2) is 0 Å². The summed E-state index contributed by atoms with van der Waals surface area (Å²) in [4.78, 5) is 13.8. The number of rotatable bonds is 2. The number of hydrogen-bond donors (Lipinski definition) is 1. The first-order valence-electron chi connectivity index (χ1n) is 7.84. The number of nitrogens with zero attached hydrogens (tertiary/aromatic N) is 4. The van der Waals surface area contributed by atoms with E-state index in [0.717, 1.165) is 76.1 Å². The molecule has 0 aromatic carbocycles. The molecule has 0 saturated carbocycles. The first-order valence-corrected chi connectivity index (χ1v) is 7.84. The predicted molar refractivity (Wildman–Crippen MR) is 81.9 cm³/mol. The zero-order valence-electron chi connectivity index (χ0n) is 12.7. The maximum atomic E-state index is 9.79. The van der Waals surface area contributed by atoms with Crippen LogP contribution in [0.25, 0.3) is 0 Å². The summed E-state index contributed by atoms with van der Waals surface area (Å²) in [7, 11) is 0. The van der Waals surface area contributed by atoms with Crippen LogP contribution in [0, 0.1) is 6.92 Å². The van der Waals surface area contributed by atoms with Gasteiger partial charge in [-0.15, -0.1) is 0 Å². The van der Waals surface area contributed by atoms with E-state index in [1.54, 1.807) is 0 Å². The molecule has 6 heteroatoms. The summed E-state index contributed by atoms with van der Waals surface area (Å²) in [6, 6.07) is 2.04. The molecule has 0 aliphatic carbocycles. The minimum absolute atomic E-state index is 0.170. The van der Waals surface area contributed by atoms with Crippen LogP contribution >= 0.6 is 0 Å². The largest absolute Gasteiger partial charge is 0.393 e. The van der Waals surface area contributed by atoms with Crippen LogP contribution in [-0.4, -0.2) is 60.6 Å². The van der Waals surface area contributed by atoms with Crippen molar-refractivity contribution < 1.29 is 9.84 Å². The molecule has 6 nitrogen and oxygen atoms in total. The Balaban J connectivity index is 1.79. The topological polar surface area (TPSA) is 61.7 Å². The average molecular weight is 292 g/mol. The molecule has 3 heterocycles. The van der Waals surface area contributed by atoms with Gasteiger partial charge < -0.3 is 19.6 Å². The molecule has 0 bridgehead atoms. The van der Waals surface area contributed by atoms with Crippen molar-refractivity contribution in [2.45, 2.75) is 32.3 Å². The monoisotopic (exact) mass is 292 g/mol. The fraction of sp³-hybridized carbons (Fsp3) is 0.733. The molecule has 0 amide bonds. The van der Waals surface area contributed by atoms with Gasteiger partial charge in [0, 0.05) is 37.9 Å². The van der Waals surface area contributed by atoms with Gasteiger partial charge in [0.2, 0.25) is 5.95 Å². The van der Waals surface area contributed by atoms with Crippen LogP contribution in [0.4, 0.5) is 11.8 Å². The van der Waals surface area contributed by atoms with E-state index >= 15 is 0 Å². The second-order valence-corrected chi connectivity index (χ2v) is 5.84. The summed E-state index contributed by atoms with van der Waals surface area (Å²) < 4.78 is 5.39. The Bertz CT molecular complexity index is 477. The van der Waals surface area contributed by atoms with Crippen molar-refractivity contribution in [1.29, 1.82) is 0 Å². The van der Waals surface area contributed by atoms with Crippen molar-refractivity contribution in [3.05, 3.63) is 11.8 Å². The summed E-state index contributed by atoms with van der Waals surface area (Å²) in [5, 5.41) is 9.79. The summed E-state index contributed by atoms with van der Waals surface area (Å²) in [6.45, 7) is 7.01. The van der Waals surface area contributed by atoms with Gasteiger partial charge in [-0.3, -0.25) is 0 Å². The minimum atomic E-state index is -0.170. The van der Waals surface area contributed by atoms with Crippen molar-refractivity contribution in [2.75, 3.05) is 49.2 Å². The van der Waals surface area contributed by atoms with E-state index in [1.807, 2.05) is 13.0 Å². The fourth-order valence-corrected chi connectivity index (χ4v) is 2.91. The highest BCUT2D eigenvalue weighted by Crippen LogP contribution is 2.21. The molecule has 0 radical (unpaired) electrons. The van der Waals surface area contributed by atoms with Gasteiger partial charge >= 0.3 is 0 Å². The Labute approximate surface area is 125 Å². The lowest BCUT2D eigenvalue weighted by Gasteiger charge is -2.29. The van der Waals surface area contributed by atoms with Gasteiger partial charge in [-0.2, -0.15) is 4.98 Å². The predicted octanol–water partition coefficient (Wildman–Crippen LogP) is 0.973. The van der Waals surface area contributed by atoms with Gasteiger partial charge in [0.1, 0.15) is 5.82 Å². The van der Waals surface area contributed by atoms with Gasteiger partial charge in [-0.1, -0.05) is 0 Å². The molecule has 2 aliphatic rings. The molecule has 1 aromatic rings.